The summed E-state index contributed by atoms with van der Waals surface area (Å²) in [6.45, 7) is 0. The predicted molar refractivity (Wildman–Crippen MR) is 44.2 cm³/mol. The molecule has 0 aliphatic carbocycles. The zero-order valence-corrected chi connectivity index (χ0v) is 7.51. The molecule has 0 spiro atoms. The van der Waals surface area contributed by atoms with Crippen LogP contribution in [-0.2, 0) is 0 Å². The van der Waals surface area contributed by atoms with Gasteiger partial charge < -0.3 is 18.8 Å². The number of benzene rings is 1. The fraction of sp³-hybridized carbons (Fsp3) is 0. The molecule has 0 fully saturated rings. The summed E-state index contributed by atoms with van der Waals surface area (Å²) >= 11 is 0. The molecule has 6 heteroatoms. The Balaban J connectivity index is 2.77. The maximum Gasteiger partial charge on any atom is 0.741 e. The van der Waals surface area contributed by atoms with Crippen LogP contribution in [0.1, 0.15) is 5.56 Å². The van der Waals surface area contributed by atoms with Gasteiger partial charge in [-0.05, 0) is 24.3 Å². The first-order valence-electron chi connectivity index (χ1n) is 3.37. The van der Waals surface area contributed by atoms with Crippen molar-refractivity contribution in [3.63, 3.8) is 0 Å². The van der Waals surface area contributed by atoms with Crippen molar-refractivity contribution in [2.75, 3.05) is 0 Å². The Hall–Kier alpha value is -1.39. The van der Waals surface area contributed by atoms with Crippen molar-refractivity contribution < 1.29 is 18.8 Å². The highest BCUT2D eigenvalue weighted by Gasteiger charge is 2.33. The highest BCUT2D eigenvalue weighted by Crippen LogP contribution is 2.13. The van der Waals surface area contributed by atoms with Crippen LogP contribution >= 0.6 is 0 Å². The van der Waals surface area contributed by atoms with E-state index in [0.717, 1.165) is 0 Å². The second-order valence-corrected chi connectivity index (χ2v) is 3.66. The maximum absolute atomic E-state index is 8.56. The lowest BCUT2D eigenvalue weighted by atomic mass is 10.2. The Bertz CT molecular complexity index is 324. The summed E-state index contributed by atoms with van der Waals surface area (Å²) in [4.78, 5) is 25.7. The number of rotatable bonds is 2. The predicted octanol–water partition coefficient (Wildman–Crippen LogP) is -0.650. The monoisotopic (exact) mass is 197 g/mol. The Morgan fingerprint density at radius 2 is 1.69 bits per heavy atom. The lowest BCUT2D eigenvalue weighted by Crippen LogP contribution is -2.42. The molecule has 0 aromatic heterocycles. The molecule has 0 atom stereocenters. The first kappa shape index (κ1) is 9.69. The number of hydrogen-bond donors (Lipinski definition) is 3. The van der Waals surface area contributed by atoms with E-state index in [-0.39, 0.29) is 5.75 Å². The van der Waals surface area contributed by atoms with Crippen molar-refractivity contribution >= 4 is 9.05 Å². The number of nitriles is 1. The van der Waals surface area contributed by atoms with Gasteiger partial charge in [0.1, 0.15) is 5.75 Å². The van der Waals surface area contributed by atoms with Crippen LogP contribution < -0.4 is 4.43 Å². The smallest absolute Gasteiger partial charge is 0.480 e. The molecule has 3 N–H and O–H groups in total. The van der Waals surface area contributed by atoms with E-state index in [1.54, 1.807) is 0 Å². The van der Waals surface area contributed by atoms with Crippen LogP contribution in [0.25, 0.3) is 0 Å². The minimum Gasteiger partial charge on any atom is -0.480 e. The molecule has 0 aliphatic rings. The second kappa shape index (κ2) is 3.55. The molecule has 0 bridgehead atoms. The molecule has 0 heterocycles. The molecule has 0 aliphatic heterocycles. The number of hydrogen-bond acceptors (Lipinski definition) is 5. The van der Waals surface area contributed by atoms with E-state index in [1.807, 2.05) is 6.07 Å². The third-order valence-electron chi connectivity index (χ3n) is 1.24. The normalized spacial score (nSPS) is 10.6. The van der Waals surface area contributed by atoms with Gasteiger partial charge in [-0.15, -0.1) is 0 Å². The van der Waals surface area contributed by atoms with Gasteiger partial charge in [0.2, 0.25) is 0 Å². The van der Waals surface area contributed by atoms with Gasteiger partial charge in [-0.1, -0.05) is 0 Å². The standard InChI is InChI=1S/C7H7NO4Si/c8-5-6-1-3-7(4-2-6)12-13(9,10)11/h1-4,9-11H. The molecule has 0 unspecified atom stereocenters. The minimum atomic E-state index is -4.51. The van der Waals surface area contributed by atoms with Crippen LogP contribution in [0, 0.1) is 11.3 Å². The lowest BCUT2D eigenvalue weighted by molar-refractivity contribution is 0.128. The summed E-state index contributed by atoms with van der Waals surface area (Å²) in [6, 6.07) is 7.49. The van der Waals surface area contributed by atoms with Gasteiger partial charge in [0.05, 0.1) is 11.6 Å². The van der Waals surface area contributed by atoms with E-state index in [9.17, 15) is 0 Å². The van der Waals surface area contributed by atoms with Gasteiger partial charge in [0, 0.05) is 0 Å². The fourth-order valence-corrected chi connectivity index (χ4v) is 1.21. The largest absolute Gasteiger partial charge is 0.741 e. The van der Waals surface area contributed by atoms with Gasteiger partial charge in [-0.3, -0.25) is 0 Å². The quantitative estimate of drug-likeness (QED) is 0.548. The molecular formula is C7H7NO4Si. The van der Waals surface area contributed by atoms with Crippen LogP contribution in [0.15, 0.2) is 24.3 Å². The van der Waals surface area contributed by atoms with Gasteiger partial charge in [-0.2, -0.15) is 5.26 Å². The van der Waals surface area contributed by atoms with Crippen molar-refractivity contribution in [1.82, 2.24) is 0 Å². The molecule has 0 amide bonds. The molecular weight excluding hydrogens is 190 g/mol. The van der Waals surface area contributed by atoms with E-state index in [2.05, 4.69) is 4.43 Å². The van der Waals surface area contributed by atoms with Gasteiger partial charge in [0.25, 0.3) is 0 Å². The first-order chi connectivity index (χ1) is 6.01. The van der Waals surface area contributed by atoms with E-state index in [0.29, 0.717) is 5.56 Å². The Kier molecular flexibility index (Phi) is 2.65. The molecule has 1 aromatic rings. The summed E-state index contributed by atoms with van der Waals surface area (Å²) in [5.74, 6) is 0.109. The molecule has 13 heavy (non-hydrogen) atoms. The molecule has 1 rings (SSSR count). The lowest BCUT2D eigenvalue weighted by Gasteiger charge is -2.10. The Labute approximate surface area is 75.6 Å². The van der Waals surface area contributed by atoms with E-state index in [1.165, 1.54) is 24.3 Å². The van der Waals surface area contributed by atoms with E-state index < -0.39 is 9.05 Å². The Morgan fingerprint density at radius 3 is 2.08 bits per heavy atom. The summed E-state index contributed by atoms with van der Waals surface area (Å²) in [7, 11) is -4.51. The summed E-state index contributed by atoms with van der Waals surface area (Å²) < 4.78 is 4.40. The zero-order chi connectivity index (χ0) is 9.90. The molecule has 0 saturated carbocycles. The summed E-state index contributed by atoms with van der Waals surface area (Å²) in [5.41, 5.74) is 0.424. The average Bonchev–Trinajstić information content (AvgIpc) is 2.03. The van der Waals surface area contributed by atoms with Crippen molar-refractivity contribution in [3.05, 3.63) is 29.8 Å². The van der Waals surface area contributed by atoms with E-state index >= 15 is 0 Å². The van der Waals surface area contributed by atoms with Crippen molar-refractivity contribution in [2.24, 2.45) is 0 Å². The maximum atomic E-state index is 8.56. The summed E-state index contributed by atoms with van der Waals surface area (Å²) in [5, 5.41) is 8.43. The van der Waals surface area contributed by atoms with Gasteiger partial charge in [0.15, 0.2) is 0 Å². The molecule has 0 radical (unpaired) electrons. The average molecular weight is 197 g/mol. The highest BCUT2D eigenvalue weighted by molar-refractivity contribution is 6.49. The van der Waals surface area contributed by atoms with Gasteiger partial charge >= 0.3 is 9.05 Å². The Morgan fingerprint density at radius 1 is 1.15 bits per heavy atom. The summed E-state index contributed by atoms with van der Waals surface area (Å²) in [6.07, 6.45) is 0. The van der Waals surface area contributed by atoms with Crippen LogP contribution in [-0.4, -0.2) is 23.4 Å². The zero-order valence-electron chi connectivity index (χ0n) is 6.51. The SMILES string of the molecule is N#Cc1ccc(O[Si](O)(O)O)cc1. The third-order valence-corrected chi connectivity index (χ3v) is 1.75. The van der Waals surface area contributed by atoms with Crippen LogP contribution in [0.3, 0.4) is 0 Å². The van der Waals surface area contributed by atoms with Crippen molar-refractivity contribution in [2.45, 2.75) is 0 Å². The second-order valence-electron chi connectivity index (χ2n) is 2.31. The van der Waals surface area contributed by atoms with Gasteiger partial charge in [-0.25, -0.2) is 0 Å². The van der Waals surface area contributed by atoms with Crippen LogP contribution in [0.2, 0.25) is 0 Å². The molecule has 5 nitrogen and oxygen atoms in total. The number of nitrogens with zero attached hydrogens (tertiary/aromatic N) is 1. The highest BCUT2D eigenvalue weighted by atomic mass is 28.4. The third kappa shape index (κ3) is 3.23. The molecule has 0 saturated heterocycles. The molecule has 1 aromatic carbocycles. The minimum absolute atomic E-state index is 0.109. The van der Waals surface area contributed by atoms with E-state index in [4.69, 9.17) is 19.6 Å². The van der Waals surface area contributed by atoms with Crippen LogP contribution in [0.4, 0.5) is 0 Å². The molecule has 68 valence electrons. The first-order valence-corrected chi connectivity index (χ1v) is 5.12. The van der Waals surface area contributed by atoms with Crippen molar-refractivity contribution in [1.29, 1.82) is 5.26 Å². The fourth-order valence-electron chi connectivity index (χ4n) is 0.756. The van der Waals surface area contributed by atoms with Crippen molar-refractivity contribution in [3.8, 4) is 11.8 Å². The van der Waals surface area contributed by atoms with Crippen LogP contribution in [0.5, 0.6) is 5.75 Å². The topological polar surface area (TPSA) is 93.7 Å².